The first-order chi connectivity index (χ1) is 15.4. The Labute approximate surface area is 189 Å². The average molecular weight is 448 g/mol. The maximum Gasteiger partial charge on any atom is 0.336 e. The van der Waals surface area contributed by atoms with Gasteiger partial charge in [0, 0.05) is 24.6 Å². The topological polar surface area (TPSA) is 84.1 Å². The van der Waals surface area contributed by atoms with E-state index in [1.807, 2.05) is 53.2 Å². The van der Waals surface area contributed by atoms with Crippen molar-refractivity contribution < 1.29 is 19.4 Å². The minimum atomic E-state index is -1.01. The van der Waals surface area contributed by atoms with Crippen LogP contribution in [0.5, 0.6) is 5.75 Å². The number of carbonyl (C=O) groups excluding carboxylic acids is 1. The number of thioether (sulfide) groups is 1. The van der Waals surface area contributed by atoms with Crippen LogP contribution in [0.4, 0.5) is 5.69 Å². The lowest BCUT2D eigenvalue weighted by Gasteiger charge is -2.09. The number of aliphatic imine (C=N–C) groups is 1. The highest BCUT2D eigenvalue weighted by Crippen LogP contribution is 2.34. The lowest BCUT2D eigenvalue weighted by molar-refractivity contribution is -0.121. The zero-order valence-corrected chi connectivity index (χ0v) is 18.6. The van der Waals surface area contributed by atoms with Gasteiger partial charge in [0.1, 0.15) is 5.75 Å². The van der Waals surface area contributed by atoms with E-state index in [1.54, 1.807) is 33.2 Å². The lowest BCUT2D eigenvalue weighted by Crippen LogP contribution is -2.23. The molecule has 0 bridgehead atoms. The Kier molecular flexibility index (Phi) is 5.87. The van der Waals surface area contributed by atoms with Crippen LogP contribution in [0.1, 0.15) is 21.6 Å². The fourth-order valence-corrected chi connectivity index (χ4v) is 4.32. The smallest absolute Gasteiger partial charge is 0.336 e. The van der Waals surface area contributed by atoms with Gasteiger partial charge in [0.2, 0.25) is 0 Å². The molecule has 1 amide bonds. The summed E-state index contributed by atoms with van der Waals surface area (Å²) in [5.74, 6) is -0.400. The van der Waals surface area contributed by atoms with Gasteiger partial charge in [0.15, 0.2) is 5.17 Å². The van der Waals surface area contributed by atoms with E-state index >= 15 is 0 Å². The molecule has 4 rings (SSSR count). The summed E-state index contributed by atoms with van der Waals surface area (Å²) in [7, 11) is 3.28. The number of benzene rings is 2. The molecule has 1 N–H and O–H groups in total. The number of methoxy groups -OCH3 is 1. The lowest BCUT2D eigenvalue weighted by atomic mass is 10.1. The van der Waals surface area contributed by atoms with Crippen LogP contribution >= 0.6 is 11.8 Å². The molecule has 162 valence electrons. The molecule has 0 spiro atoms. The Bertz CT molecular complexity index is 1260. The molecule has 8 heteroatoms. The summed E-state index contributed by atoms with van der Waals surface area (Å²) >= 11 is 1.26. The highest BCUT2D eigenvalue weighted by atomic mass is 32.2. The summed E-state index contributed by atoms with van der Waals surface area (Å²) in [6.45, 7) is 1.71. The first-order valence-electron chi connectivity index (χ1n) is 9.80. The van der Waals surface area contributed by atoms with Crippen LogP contribution in [-0.2, 0) is 4.79 Å². The van der Waals surface area contributed by atoms with Crippen molar-refractivity contribution in [3.05, 3.63) is 82.5 Å². The number of carbonyl (C=O) groups is 2. The number of carboxylic acids is 1. The van der Waals surface area contributed by atoms with Crippen LogP contribution in [-0.4, -0.2) is 45.8 Å². The van der Waals surface area contributed by atoms with Crippen LogP contribution < -0.4 is 4.74 Å². The van der Waals surface area contributed by atoms with E-state index < -0.39 is 5.97 Å². The molecule has 2 heterocycles. The molecule has 32 heavy (non-hydrogen) atoms. The number of amides is 1. The predicted octanol–water partition coefficient (Wildman–Crippen LogP) is 4.73. The van der Waals surface area contributed by atoms with Gasteiger partial charge in [0.05, 0.1) is 23.3 Å². The molecule has 7 nitrogen and oxygen atoms in total. The molecule has 0 saturated carbocycles. The normalized spacial score (nSPS) is 16.2. The van der Waals surface area contributed by atoms with Gasteiger partial charge >= 0.3 is 5.97 Å². The molecule has 1 aliphatic heterocycles. The zero-order chi connectivity index (χ0) is 22.8. The van der Waals surface area contributed by atoms with E-state index in [4.69, 9.17) is 4.74 Å². The molecule has 1 saturated heterocycles. The first kappa shape index (κ1) is 21.5. The van der Waals surface area contributed by atoms with Crippen molar-refractivity contribution in [1.82, 2.24) is 9.47 Å². The van der Waals surface area contributed by atoms with Crippen molar-refractivity contribution >= 4 is 40.6 Å². The predicted molar refractivity (Wildman–Crippen MR) is 126 cm³/mol. The SMILES string of the molecule is COc1ccc(-n2cccc2/C=C2\SC(=Nc3cccc(C(=O)O)c3C)N(C)C2=O)cc1. The molecule has 0 radical (unpaired) electrons. The van der Waals surface area contributed by atoms with E-state index in [-0.39, 0.29) is 11.5 Å². The number of hydrogen-bond donors (Lipinski definition) is 1. The van der Waals surface area contributed by atoms with Crippen molar-refractivity contribution in [2.24, 2.45) is 4.99 Å². The summed E-state index contributed by atoms with van der Waals surface area (Å²) in [4.78, 5) is 30.8. The van der Waals surface area contributed by atoms with Crippen molar-refractivity contribution in [3.63, 3.8) is 0 Å². The number of amidine groups is 1. The number of ether oxygens (including phenoxy) is 1. The second kappa shape index (κ2) is 8.76. The molecule has 0 atom stereocenters. The number of aromatic nitrogens is 1. The van der Waals surface area contributed by atoms with Crippen molar-refractivity contribution in [2.75, 3.05) is 14.2 Å². The van der Waals surface area contributed by atoms with Crippen LogP contribution in [0, 0.1) is 6.92 Å². The molecule has 1 fully saturated rings. The summed E-state index contributed by atoms with van der Waals surface area (Å²) in [6.07, 6.45) is 3.76. The van der Waals surface area contributed by atoms with E-state index in [1.165, 1.54) is 22.7 Å². The molecule has 1 aliphatic rings. The number of carboxylic acid groups (broad SMARTS) is 1. The minimum absolute atomic E-state index is 0.164. The third kappa shape index (κ3) is 4.04. The van der Waals surface area contributed by atoms with Crippen LogP contribution in [0.25, 0.3) is 11.8 Å². The summed E-state index contributed by atoms with van der Waals surface area (Å²) < 4.78 is 7.20. The van der Waals surface area contributed by atoms with E-state index in [0.717, 1.165) is 17.1 Å². The van der Waals surface area contributed by atoms with Crippen LogP contribution in [0.3, 0.4) is 0 Å². The third-order valence-electron chi connectivity index (χ3n) is 5.17. The van der Waals surface area contributed by atoms with Crippen molar-refractivity contribution in [1.29, 1.82) is 0 Å². The number of hydrogen-bond acceptors (Lipinski definition) is 5. The molecule has 3 aromatic rings. The van der Waals surface area contributed by atoms with Crippen molar-refractivity contribution in [2.45, 2.75) is 6.92 Å². The molecule has 1 aromatic heterocycles. The van der Waals surface area contributed by atoms with Crippen molar-refractivity contribution in [3.8, 4) is 11.4 Å². The highest BCUT2D eigenvalue weighted by Gasteiger charge is 2.31. The molecule has 2 aromatic carbocycles. The second-order valence-corrected chi connectivity index (χ2v) is 8.13. The number of nitrogens with zero attached hydrogens (tertiary/aromatic N) is 3. The number of aromatic carboxylic acids is 1. The van der Waals surface area contributed by atoms with E-state index in [0.29, 0.717) is 21.3 Å². The van der Waals surface area contributed by atoms with Gasteiger partial charge in [0.25, 0.3) is 5.91 Å². The summed E-state index contributed by atoms with van der Waals surface area (Å²) in [5.41, 5.74) is 3.07. The van der Waals surface area contributed by atoms with Gasteiger partial charge < -0.3 is 14.4 Å². The maximum atomic E-state index is 12.9. The maximum absolute atomic E-state index is 12.9. The largest absolute Gasteiger partial charge is 0.497 e. The molecule has 0 aliphatic carbocycles. The number of rotatable bonds is 5. The Morgan fingerprint density at radius 1 is 1.12 bits per heavy atom. The average Bonchev–Trinajstić information content (AvgIpc) is 3.35. The van der Waals surface area contributed by atoms with Gasteiger partial charge in [-0.1, -0.05) is 6.07 Å². The van der Waals surface area contributed by atoms with Gasteiger partial charge in [-0.3, -0.25) is 9.69 Å². The first-order valence-corrected chi connectivity index (χ1v) is 10.6. The standard InChI is InChI=1S/C24H21N3O4S/c1-15-19(23(29)30)7-4-8-20(15)25-24-26(2)22(28)21(32-24)14-17-6-5-13-27(17)16-9-11-18(31-3)12-10-16/h4-14H,1-3H3,(H,29,30)/b21-14-,25-24?. The van der Waals surface area contributed by atoms with E-state index in [2.05, 4.69) is 4.99 Å². The van der Waals surface area contributed by atoms with Gasteiger partial charge in [-0.2, -0.15) is 0 Å². The van der Waals surface area contributed by atoms with Gasteiger partial charge in [-0.15, -0.1) is 0 Å². The Hall–Kier alpha value is -3.78. The van der Waals surface area contributed by atoms with Gasteiger partial charge in [-0.05, 0) is 78.9 Å². The number of likely N-dealkylation sites (N-methyl/N-ethyl adjacent to an activating group) is 1. The van der Waals surface area contributed by atoms with Crippen LogP contribution in [0.2, 0.25) is 0 Å². The van der Waals surface area contributed by atoms with Gasteiger partial charge in [-0.25, -0.2) is 9.79 Å². The zero-order valence-electron chi connectivity index (χ0n) is 17.8. The molecular formula is C24H21N3O4S. The fourth-order valence-electron chi connectivity index (χ4n) is 3.35. The highest BCUT2D eigenvalue weighted by molar-refractivity contribution is 8.18. The summed E-state index contributed by atoms with van der Waals surface area (Å²) in [5, 5.41) is 9.84. The van der Waals surface area contributed by atoms with E-state index in [9.17, 15) is 14.7 Å². The second-order valence-electron chi connectivity index (χ2n) is 7.13. The monoisotopic (exact) mass is 447 g/mol. The Morgan fingerprint density at radius 2 is 1.88 bits per heavy atom. The molecular weight excluding hydrogens is 426 g/mol. The fraction of sp³-hybridized carbons (Fsp3) is 0.125. The Morgan fingerprint density at radius 3 is 2.56 bits per heavy atom. The Balaban J connectivity index is 1.66. The van der Waals surface area contributed by atoms with Crippen LogP contribution in [0.15, 0.2) is 70.7 Å². The quantitative estimate of drug-likeness (QED) is 0.572. The molecule has 0 unspecified atom stereocenters. The minimum Gasteiger partial charge on any atom is -0.497 e. The third-order valence-corrected chi connectivity index (χ3v) is 6.23. The summed E-state index contributed by atoms with van der Waals surface area (Å²) in [6, 6.07) is 16.4.